The third-order valence-electron chi connectivity index (χ3n) is 4.74. The average molecular weight is 423 g/mol. The highest BCUT2D eigenvalue weighted by molar-refractivity contribution is 7.89. The van der Waals surface area contributed by atoms with E-state index >= 15 is 0 Å². The van der Waals surface area contributed by atoms with Crippen LogP contribution in [0.3, 0.4) is 0 Å². The van der Waals surface area contributed by atoms with E-state index in [0.717, 1.165) is 11.3 Å². The molecule has 1 atom stereocenters. The van der Waals surface area contributed by atoms with Crippen LogP contribution >= 0.6 is 11.6 Å². The van der Waals surface area contributed by atoms with Gasteiger partial charge in [0.05, 0.1) is 9.92 Å². The second kappa shape index (κ2) is 8.11. The predicted molar refractivity (Wildman–Crippen MR) is 110 cm³/mol. The van der Waals surface area contributed by atoms with Gasteiger partial charge in [0.15, 0.2) is 6.10 Å². The van der Waals surface area contributed by atoms with Gasteiger partial charge in [-0.3, -0.25) is 4.79 Å². The Kier molecular flexibility index (Phi) is 5.98. The molecule has 1 aliphatic heterocycles. The molecular formula is C20H23ClN2O4S. The molecule has 8 heteroatoms. The van der Waals surface area contributed by atoms with Gasteiger partial charge >= 0.3 is 0 Å². The standard InChI is InChI=1S/C20H23ClN2O4S/c1-4-18(27-19-8-6-5-7-16(19)21)20(24)23-12-11-14-13-15(9-10-17(14)23)28(25,26)22(2)3/h5-10,13,18H,4,11-12H2,1-3H3/t18-/m1/s1. The Morgan fingerprint density at radius 3 is 2.61 bits per heavy atom. The Balaban J connectivity index is 1.84. The van der Waals surface area contributed by atoms with E-state index in [1.807, 2.05) is 6.92 Å². The fourth-order valence-corrected chi connectivity index (χ4v) is 4.29. The van der Waals surface area contributed by atoms with Gasteiger partial charge in [-0.1, -0.05) is 30.7 Å². The van der Waals surface area contributed by atoms with E-state index in [1.54, 1.807) is 41.3 Å². The Morgan fingerprint density at radius 1 is 1.25 bits per heavy atom. The van der Waals surface area contributed by atoms with Gasteiger partial charge in [0.1, 0.15) is 5.75 Å². The minimum Gasteiger partial charge on any atom is -0.479 e. The van der Waals surface area contributed by atoms with Crippen molar-refractivity contribution in [1.82, 2.24) is 4.31 Å². The molecule has 0 saturated carbocycles. The van der Waals surface area contributed by atoms with Gasteiger partial charge in [0.2, 0.25) is 10.0 Å². The molecule has 28 heavy (non-hydrogen) atoms. The molecule has 3 rings (SSSR count). The molecular weight excluding hydrogens is 400 g/mol. The van der Waals surface area contributed by atoms with E-state index in [0.29, 0.717) is 30.2 Å². The maximum atomic E-state index is 13.1. The summed E-state index contributed by atoms with van der Waals surface area (Å²) in [4.78, 5) is 15.0. The quantitative estimate of drug-likeness (QED) is 0.716. The monoisotopic (exact) mass is 422 g/mol. The summed E-state index contributed by atoms with van der Waals surface area (Å²) < 4.78 is 31.7. The molecule has 1 aliphatic rings. The smallest absolute Gasteiger partial charge is 0.268 e. The maximum absolute atomic E-state index is 13.1. The van der Waals surface area contributed by atoms with E-state index in [-0.39, 0.29) is 10.8 Å². The minimum atomic E-state index is -3.51. The highest BCUT2D eigenvalue weighted by Crippen LogP contribution is 2.32. The topological polar surface area (TPSA) is 66.9 Å². The Hall–Kier alpha value is -2.09. The van der Waals surface area contributed by atoms with Gasteiger partial charge in [-0.2, -0.15) is 0 Å². The summed E-state index contributed by atoms with van der Waals surface area (Å²) in [5.41, 5.74) is 1.56. The summed E-state index contributed by atoms with van der Waals surface area (Å²) in [5, 5.41) is 0.453. The first-order valence-electron chi connectivity index (χ1n) is 9.03. The molecule has 0 radical (unpaired) electrons. The molecule has 150 valence electrons. The van der Waals surface area contributed by atoms with E-state index < -0.39 is 16.1 Å². The number of carbonyl (C=O) groups excluding carboxylic acids is 1. The number of nitrogens with zero attached hydrogens (tertiary/aromatic N) is 2. The van der Waals surface area contributed by atoms with Crippen LogP contribution in [0.15, 0.2) is 47.4 Å². The summed E-state index contributed by atoms with van der Waals surface area (Å²) >= 11 is 6.15. The summed E-state index contributed by atoms with van der Waals surface area (Å²) in [7, 11) is -0.519. The number of anilines is 1. The van der Waals surface area contributed by atoms with Crippen molar-refractivity contribution in [2.75, 3.05) is 25.5 Å². The molecule has 1 amide bonds. The molecule has 2 aromatic rings. The number of sulfonamides is 1. The number of para-hydroxylation sites is 1. The first-order valence-corrected chi connectivity index (χ1v) is 10.9. The lowest BCUT2D eigenvalue weighted by molar-refractivity contribution is -0.125. The van der Waals surface area contributed by atoms with Gasteiger partial charge in [-0.25, -0.2) is 12.7 Å². The maximum Gasteiger partial charge on any atom is 0.268 e. The molecule has 1 heterocycles. The van der Waals surface area contributed by atoms with Crippen molar-refractivity contribution in [3.05, 3.63) is 53.1 Å². The second-order valence-corrected chi connectivity index (χ2v) is 9.32. The normalized spacial score (nSPS) is 14.8. The van der Waals surface area contributed by atoms with Crippen molar-refractivity contribution >= 4 is 33.2 Å². The van der Waals surface area contributed by atoms with Crippen LogP contribution in [0.1, 0.15) is 18.9 Å². The number of hydrogen-bond donors (Lipinski definition) is 0. The zero-order chi connectivity index (χ0) is 20.5. The molecule has 2 aromatic carbocycles. The molecule has 0 aliphatic carbocycles. The summed E-state index contributed by atoms with van der Waals surface area (Å²) in [5.74, 6) is 0.306. The number of halogens is 1. The Bertz CT molecular complexity index is 991. The van der Waals surface area contributed by atoms with E-state index in [1.165, 1.54) is 24.5 Å². The zero-order valence-electron chi connectivity index (χ0n) is 16.1. The van der Waals surface area contributed by atoms with Gasteiger partial charge in [-0.05, 0) is 48.7 Å². The van der Waals surface area contributed by atoms with Crippen molar-refractivity contribution in [2.24, 2.45) is 0 Å². The molecule has 0 saturated heterocycles. The molecule has 0 fully saturated rings. The third-order valence-corrected chi connectivity index (χ3v) is 6.87. The molecule has 0 N–H and O–H groups in total. The van der Waals surface area contributed by atoms with Crippen LogP contribution in [0.25, 0.3) is 0 Å². The summed E-state index contributed by atoms with van der Waals surface area (Å²) in [6.45, 7) is 2.37. The highest BCUT2D eigenvalue weighted by Gasteiger charge is 2.32. The number of amides is 1. The number of carbonyl (C=O) groups is 1. The van der Waals surface area contributed by atoms with E-state index in [4.69, 9.17) is 16.3 Å². The van der Waals surface area contributed by atoms with Crippen molar-refractivity contribution in [1.29, 1.82) is 0 Å². The number of fused-ring (bicyclic) bond motifs is 1. The molecule has 0 spiro atoms. The lowest BCUT2D eigenvalue weighted by Gasteiger charge is -2.24. The predicted octanol–water partition coefficient (Wildman–Crippen LogP) is 3.34. The summed E-state index contributed by atoms with van der Waals surface area (Å²) in [6.07, 6.45) is 0.416. The Labute approximate surface area is 170 Å². The third kappa shape index (κ3) is 3.87. The van der Waals surface area contributed by atoms with Crippen LogP contribution in [-0.2, 0) is 21.2 Å². The van der Waals surface area contributed by atoms with Crippen molar-refractivity contribution in [3.63, 3.8) is 0 Å². The van der Waals surface area contributed by atoms with Gasteiger partial charge < -0.3 is 9.64 Å². The lowest BCUT2D eigenvalue weighted by Crippen LogP contribution is -2.41. The first-order chi connectivity index (χ1) is 13.3. The molecule has 6 nitrogen and oxygen atoms in total. The SMILES string of the molecule is CC[C@@H](Oc1ccccc1Cl)C(=O)N1CCc2cc(S(=O)(=O)N(C)C)ccc21. The lowest BCUT2D eigenvalue weighted by atomic mass is 10.1. The number of benzene rings is 2. The van der Waals surface area contributed by atoms with Crippen LogP contribution in [0.5, 0.6) is 5.75 Å². The van der Waals surface area contributed by atoms with Crippen LogP contribution in [0.2, 0.25) is 5.02 Å². The van der Waals surface area contributed by atoms with Crippen LogP contribution in [0, 0.1) is 0 Å². The summed E-state index contributed by atoms with van der Waals surface area (Å²) in [6, 6.07) is 11.9. The van der Waals surface area contributed by atoms with Crippen molar-refractivity contribution in [2.45, 2.75) is 30.8 Å². The first kappa shape index (κ1) is 20.6. The number of hydrogen-bond acceptors (Lipinski definition) is 4. The minimum absolute atomic E-state index is 0.163. The number of ether oxygens (including phenoxy) is 1. The number of rotatable bonds is 6. The van der Waals surface area contributed by atoms with Gasteiger partial charge in [0, 0.05) is 26.3 Å². The molecule has 0 unspecified atom stereocenters. The fraction of sp³-hybridized carbons (Fsp3) is 0.350. The van der Waals surface area contributed by atoms with Gasteiger partial charge in [0.25, 0.3) is 5.91 Å². The average Bonchev–Trinajstić information content (AvgIpc) is 3.10. The van der Waals surface area contributed by atoms with E-state index in [9.17, 15) is 13.2 Å². The highest BCUT2D eigenvalue weighted by atomic mass is 35.5. The second-order valence-electron chi connectivity index (χ2n) is 6.76. The largest absolute Gasteiger partial charge is 0.479 e. The fourth-order valence-electron chi connectivity index (χ4n) is 3.15. The zero-order valence-corrected chi connectivity index (χ0v) is 17.6. The van der Waals surface area contributed by atoms with E-state index in [2.05, 4.69) is 0 Å². The van der Waals surface area contributed by atoms with Crippen molar-refractivity contribution < 1.29 is 17.9 Å². The van der Waals surface area contributed by atoms with Crippen molar-refractivity contribution in [3.8, 4) is 5.75 Å². The molecule has 0 aromatic heterocycles. The van der Waals surface area contributed by atoms with Crippen LogP contribution in [0.4, 0.5) is 5.69 Å². The molecule has 0 bridgehead atoms. The van der Waals surface area contributed by atoms with Crippen LogP contribution in [-0.4, -0.2) is 45.4 Å². The Morgan fingerprint density at radius 2 is 1.96 bits per heavy atom. The van der Waals surface area contributed by atoms with Gasteiger partial charge in [-0.15, -0.1) is 0 Å². The van der Waals surface area contributed by atoms with Crippen LogP contribution < -0.4 is 9.64 Å².